The van der Waals surface area contributed by atoms with Gasteiger partial charge in [-0.2, -0.15) is 0 Å². The summed E-state index contributed by atoms with van der Waals surface area (Å²) in [5.41, 5.74) is 6.48. The van der Waals surface area contributed by atoms with Crippen molar-refractivity contribution in [1.29, 1.82) is 0 Å². The molecule has 1 heterocycles. The monoisotopic (exact) mass is 512 g/mol. The number of hydrogen-bond acceptors (Lipinski definition) is 1. The first kappa shape index (κ1) is 26.0. The van der Waals surface area contributed by atoms with Gasteiger partial charge in [0.15, 0.2) is 0 Å². The molecule has 1 aromatic heterocycles. The van der Waals surface area contributed by atoms with Gasteiger partial charge in [0.1, 0.15) is 7.85 Å². The van der Waals surface area contributed by atoms with Crippen molar-refractivity contribution in [3.63, 3.8) is 0 Å². The third kappa shape index (κ3) is 5.92. The summed E-state index contributed by atoms with van der Waals surface area (Å²) < 4.78 is 2.38. The van der Waals surface area contributed by atoms with Crippen LogP contribution in [-0.4, -0.2) is 26.9 Å². The maximum Gasteiger partial charge on any atom is 0.116 e. The van der Waals surface area contributed by atoms with E-state index in [0.29, 0.717) is 5.82 Å². The molecule has 4 heteroatoms. The van der Waals surface area contributed by atoms with E-state index in [0.717, 1.165) is 5.54 Å². The number of rotatable bonds is 7. The molecule has 1 aliphatic rings. The molecule has 0 unspecified atom stereocenters. The van der Waals surface area contributed by atoms with Crippen molar-refractivity contribution < 1.29 is 0 Å². The van der Waals surface area contributed by atoms with Gasteiger partial charge in [0.2, 0.25) is 0 Å². The van der Waals surface area contributed by atoms with Gasteiger partial charge in [0, 0.05) is 12.4 Å². The fraction of sp³-hybridized carbons (Fsp3) is 0.206. The lowest BCUT2D eigenvalue weighted by Gasteiger charge is -2.38. The quantitative estimate of drug-likeness (QED) is 0.226. The summed E-state index contributed by atoms with van der Waals surface area (Å²) in [7, 11) is 1.79. The average molecular weight is 513 g/mol. The Kier molecular flexibility index (Phi) is 8.72. The smallest absolute Gasteiger partial charge is 0.116 e. The van der Waals surface area contributed by atoms with Crippen LogP contribution >= 0.6 is 0 Å². The predicted molar refractivity (Wildman–Crippen MR) is 165 cm³/mol. The molecule has 1 fully saturated rings. The minimum Gasteiger partial charge on any atom is -0.327 e. The predicted octanol–water partition coefficient (Wildman–Crippen LogP) is 6.57. The molecule has 4 aromatic carbocycles. The van der Waals surface area contributed by atoms with Crippen LogP contribution < -0.4 is 0 Å². The summed E-state index contributed by atoms with van der Waals surface area (Å²) >= 11 is 0. The zero-order valence-electron chi connectivity index (χ0n) is 22.4. The van der Waals surface area contributed by atoms with Crippen molar-refractivity contribution in [1.82, 2.24) is 9.55 Å². The molecule has 0 amide bonds. The molecule has 2 nitrogen and oxygen atoms in total. The molecule has 1 saturated carbocycles. The second-order valence-electron chi connectivity index (χ2n) is 10.5. The Morgan fingerprint density at radius 1 is 0.684 bits per heavy atom. The maximum atomic E-state index is 4.40. The molecule has 5 aromatic rings. The SMILES string of the molecule is BC(c1ccccc1)c1ccccc1.c1ccc(C([SiH2]C2CCCC2)(c2ccccc2)n2ccnc2)cc1. The average Bonchev–Trinajstić information content (AvgIpc) is 3.73. The lowest BCUT2D eigenvalue weighted by atomic mass is 9.76. The third-order valence-electron chi connectivity index (χ3n) is 8.11. The van der Waals surface area contributed by atoms with Crippen molar-refractivity contribution in [2.75, 3.05) is 0 Å². The van der Waals surface area contributed by atoms with Crippen molar-refractivity contribution in [3.05, 3.63) is 162 Å². The molecule has 0 radical (unpaired) electrons. The van der Waals surface area contributed by atoms with Gasteiger partial charge in [-0.05, 0) is 33.6 Å². The molecule has 1 aliphatic carbocycles. The van der Waals surface area contributed by atoms with Crippen LogP contribution in [0.3, 0.4) is 0 Å². The Balaban J connectivity index is 0.000000179. The van der Waals surface area contributed by atoms with E-state index in [-0.39, 0.29) is 5.16 Å². The highest BCUT2D eigenvalue weighted by Gasteiger charge is 2.39. The fourth-order valence-corrected chi connectivity index (χ4v) is 9.19. The van der Waals surface area contributed by atoms with Gasteiger partial charge in [-0.1, -0.05) is 147 Å². The summed E-state index contributed by atoms with van der Waals surface area (Å²) in [6.07, 6.45) is 11.7. The van der Waals surface area contributed by atoms with E-state index in [1.807, 2.05) is 12.5 Å². The van der Waals surface area contributed by atoms with E-state index in [4.69, 9.17) is 0 Å². The highest BCUT2D eigenvalue weighted by molar-refractivity contribution is 6.43. The molecule has 0 spiro atoms. The highest BCUT2D eigenvalue weighted by atomic mass is 28.2. The molecule has 0 aliphatic heterocycles. The van der Waals surface area contributed by atoms with E-state index in [1.54, 1.807) is 0 Å². The first-order valence-corrected chi connectivity index (χ1v) is 15.5. The third-order valence-corrected chi connectivity index (χ3v) is 11.3. The Bertz CT molecular complexity index is 1260. The summed E-state index contributed by atoms with van der Waals surface area (Å²) in [5.74, 6) is 0.484. The normalized spacial score (nSPS) is 14.0. The standard InChI is InChI=1S/C21H24N2Si.C13H13B/c1-3-9-18(10-4-1)21(23-16-15-22-17-23,19-11-5-2-6-12-19)24-20-13-7-8-14-20;14-13(11-7-3-1-4-8-11)12-9-5-2-6-10-12/h1-6,9-12,15-17,20H,7-8,13-14,24H2;1-10,13H,14H2. The summed E-state index contributed by atoms with van der Waals surface area (Å²) in [5, 5.41) is -0.0337. The highest BCUT2D eigenvalue weighted by Crippen LogP contribution is 2.40. The molecule has 6 rings (SSSR count). The zero-order valence-corrected chi connectivity index (χ0v) is 23.8. The van der Waals surface area contributed by atoms with Crippen LogP contribution in [0.2, 0.25) is 5.54 Å². The molecule has 0 saturated heterocycles. The Labute approximate surface area is 231 Å². The first-order valence-electron chi connectivity index (χ1n) is 14.0. The fourth-order valence-electron chi connectivity index (χ4n) is 6.03. The van der Waals surface area contributed by atoms with E-state index < -0.39 is 9.52 Å². The van der Waals surface area contributed by atoms with E-state index in [1.165, 1.54) is 47.9 Å². The number of aromatic nitrogens is 2. The van der Waals surface area contributed by atoms with Crippen molar-refractivity contribution in [3.8, 4) is 0 Å². The van der Waals surface area contributed by atoms with Crippen LogP contribution in [0.1, 0.15) is 53.8 Å². The molecular weight excluding hydrogens is 475 g/mol. The number of imidazole rings is 1. The van der Waals surface area contributed by atoms with Crippen molar-refractivity contribution in [2.24, 2.45) is 0 Å². The van der Waals surface area contributed by atoms with Gasteiger partial charge in [0.25, 0.3) is 0 Å². The van der Waals surface area contributed by atoms with Gasteiger partial charge < -0.3 is 4.57 Å². The largest absolute Gasteiger partial charge is 0.327 e. The van der Waals surface area contributed by atoms with Crippen LogP contribution in [-0.2, 0) is 5.16 Å². The maximum absolute atomic E-state index is 4.40. The topological polar surface area (TPSA) is 17.8 Å². The van der Waals surface area contributed by atoms with Crippen molar-refractivity contribution >= 4 is 17.4 Å². The van der Waals surface area contributed by atoms with E-state index in [9.17, 15) is 0 Å². The molecule has 190 valence electrons. The second-order valence-corrected chi connectivity index (χ2v) is 13.0. The minimum atomic E-state index is -0.448. The van der Waals surface area contributed by atoms with Crippen molar-refractivity contribution in [2.45, 2.75) is 42.2 Å². The summed E-state index contributed by atoms with van der Waals surface area (Å²) in [6.45, 7) is 0. The number of nitrogens with zero attached hydrogens (tertiary/aromatic N) is 2. The van der Waals surface area contributed by atoms with Gasteiger partial charge in [0.05, 0.1) is 21.0 Å². The van der Waals surface area contributed by atoms with E-state index >= 15 is 0 Å². The number of benzene rings is 4. The van der Waals surface area contributed by atoms with E-state index in [2.05, 4.69) is 145 Å². The van der Waals surface area contributed by atoms with Gasteiger partial charge in [-0.3, -0.25) is 0 Å². The molecular formula is C34H37BN2Si. The van der Waals surface area contributed by atoms with Gasteiger partial charge in [-0.15, -0.1) is 0 Å². The molecule has 0 atom stereocenters. The first-order chi connectivity index (χ1) is 18.8. The number of hydrogen-bond donors (Lipinski definition) is 0. The Hall–Kier alpha value is -3.63. The molecule has 0 N–H and O–H groups in total. The van der Waals surface area contributed by atoms with Crippen LogP contribution in [0.5, 0.6) is 0 Å². The second kappa shape index (κ2) is 12.8. The summed E-state index contributed by atoms with van der Waals surface area (Å²) in [4.78, 5) is 4.40. The van der Waals surface area contributed by atoms with Crippen LogP contribution in [0.15, 0.2) is 140 Å². The van der Waals surface area contributed by atoms with Crippen LogP contribution in [0, 0.1) is 0 Å². The Morgan fingerprint density at radius 3 is 1.55 bits per heavy atom. The minimum absolute atomic E-state index is 0.0337. The summed E-state index contributed by atoms with van der Waals surface area (Å²) in [6, 6.07) is 43.3. The molecule has 38 heavy (non-hydrogen) atoms. The van der Waals surface area contributed by atoms with Crippen LogP contribution in [0.4, 0.5) is 0 Å². The lowest BCUT2D eigenvalue weighted by molar-refractivity contribution is 0.579. The Morgan fingerprint density at radius 2 is 1.13 bits per heavy atom. The molecule has 0 bridgehead atoms. The van der Waals surface area contributed by atoms with Gasteiger partial charge in [-0.25, -0.2) is 4.98 Å². The van der Waals surface area contributed by atoms with Gasteiger partial charge >= 0.3 is 0 Å². The zero-order chi connectivity index (χ0) is 26.0. The lowest BCUT2D eigenvalue weighted by Crippen LogP contribution is -2.43. The van der Waals surface area contributed by atoms with Crippen LogP contribution in [0.25, 0.3) is 0 Å².